The molecule has 0 saturated carbocycles. The molecule has 0 aliphatic carbocycles. The Kier molecular flexibility index (Phi) is 4.36. The summed E-state index contributed by atoms with van der Waals surface area (Å²) in [7, 11) is 0. The molecule has 9 heteroatoms. The van der Waals surface area contributed by atoms with Gasteiger partial charge in [-0.15, -0.1) is 0 Å². The molecule has 1 aliphatic heterocycles. The van der Waals surface area contributed by atoms with Crippen LogP contribution in [-0.4, -0.2) is 36.7 Å². The summed E-state index contributed by atoms with van der Waals surface area (Å²) >= 11 is 1.04. The van der Waals surface area contributed by atoms with Crippen molar-refractivity contribution in [1.82, 2.24) is 10.3 Å². The predicted octanol–water partition coefficient (Wildman–Crippen LogP) is 2.01. The van der Waals surface area contributed by atoms with Crippen molar-refractivity contribution >= 4 is 28.2 Å². The van der Waals surface area contributed by atoms with Crippen molar-refractivity contribution in [3.05, 3.63) is 4.88 Å². The van der Waals surface area contributed by atoms with Gasteiger partial charge in [-0.25, -0.2) is 4.98 Å². The molecule has 20 heavy (non-hydrogen) atoms. The molecule has 0 unspecified atom stereocenters. The average Bonchev–Trinajstić information content (AvgIpc) is 2.78. The van der Waals surface area contributed by atoms with E-state index in [1.54, 1.807) is 5.32 Å². The maximum Gasteiger partial charge on any atom is 0.405 e. The van der Waals surface area contributed by atoms with E-state index < -0.39 is 18.6 Å². The summed E-state index contributed by atoms with van der Waals surface area (Å²) in [5.41, 5.74) is 5.62. The summed E-state index contributed by atoms with van der Waals surface area (Å²) in [6.45, 7) is 0.287. The number of piperidine rings is 1. The average molecular weight is 308 g/mol. The van der Waals surface area contributed by atoms with Crippen molar-refractivity contribution in [2.75, 3.05) is 30.3 Å². The van der Waals surface area contributed by atoms with E-state index in [4.69, 9.17) is 5.73 Å². The summed E-state index contributed by atoms with van der Waals surface area (Å²) in [5.74, 6) is -0.851. The standard InChI is InChI=1S/C11H15F3N4OS/c12-11(13,14)6-16-9(19)7-8(15)17-10(20-7)18-4-2-1-3-5-18/h1-6,15H2,(H,16,19). The van der Waals surface area contributed by atoms with Gasteiger partial charge in [0, 0.05) is 13.1 Å². The summed E-state index contributed by atoms with van der Waals surface area (Å²) in [5, 5.41) is 2.40. The highest BCUT2D eigenvalue weighted by molar-refractivity contribution is 7.18. The molecule has 2 heterocycles. The van der Waals surface area contributed by atoms with E-state index in [1.165, 1.54) is 0 Å². The Balaban J connectivity index is 2.04. The van der Waals surface area contributed by atoms with Crippen LogP contribution in [0.5, 0.6) is 0 Å². The van der Waals surface area contributed by atoms with Gasteiger partial charge < -0.3 is 16.0 Å². The first-order valence-corrected chi connectivity index (χ1v) is 7.04. The maximum atomic E-state index is 12.1. The fourth-order valence-electron chi connectivity index (χ4n) is 1.96. The number of carbonyl (C=O) groups excluding carboxylic acids is 1. The molecule has 1 amide bonds. The third-order valence-corrected chi connectivity index (χ3v) is 4.06. The molecule has 1 aromatic heterocycles. The minimum Gasteiger partial charge on any atom is -0.382 e. The lowest BCUT2D eigenvalue weighted by atomic mass is 10.1. The fraction of sp³-hybridized carbons (Fsp3) is 0.636. The fourth-order valence-corrected chi connectivity index (χ4v) is 2.92. The number of hydrogen-bond acceptors (Lipinski definition) is 5. The molecule has 1 aliphatic rings. The molecular weight excluding hydrogens is 293 g/mol. The second-order valence-corrected chi connectivity index (χ2v) is 5.53. The number of anilines is 2. The first kappa shape index (κ1) is 14.9. The van der Waals surface area contributed by atoms with Crippen molar-refractivity contribution < 1.29 is 18.0 Å². The molecule has 1 fully saturated rings. The molecule has 1 saturated heterocycles. The van der Waals surface area contributed by atoms with E-state index in [9.17, 15) is 18.0 Å². The predicted molar refractivity (Wildman–Crippen MR) is 71.0 cm³/mol. The normalized spacial score (nSPS) is 16.2. The van der Waals surface area contributed by atoms with Crippen LogP contribution in [0.2, 0.25) is 0 Å². The first-order valence-electron chi connectivity index (χ1n) is 6.23. The topological polar surface area (TPSA) is 71.2 Å². The Morgan fingerprint density at radius 2 is 2.00 bits per heavy atom. The summed E-state index contributed by atoms with van der Waals surface area (Å²) in [6.07, 6.45) is -1.22. The van der Waals surface area contributed by atoms with Crippen molar-refractivity contribution in [1.29, 1.82) is 0 Å². The zero-order valence-corrected chi connectivity index (χ0v) is 11.5. The number of aromatic nitrogens is 1. The number of thiazole rings is 1. The van der Waals surface area contributed by atoms with Gasteiger partial charge in [0.2, 0.25) is 0 Å². The van der Waals surface area contributed by atoms with Gasteiger partial charge in [0.25, 0.3) is 5.91 Å². The van der Waals surface area contributed by atoms with E-state index in [0.29, 0.717) is 5.13 Å². The maximum absolute atomic E-state index is 12.1. The summed E-state index contributed by atoms with van der Waals surface area (Å²) < 4.78 is 36.2. The Labute approximate surface area is 118 Å². The highest BCUT2D eigenvalue weighted by Crippen LogP contribution is 2.30. The van der Waals surface area contributed by atoms with Gasteiger partial charge in [0.05, 0.1) is 0 Å². The second-order valence-electron chi connectivity index (χ2n) is 4.56. The molecule has 112 valence electrons. The molecule has 1 aromatic rings. The van der Waals surface area contributed by atoms with Gasteiger partial charge in [0.15, 0.2) is 5.13 Å². The summed E-state index contributed by atoms with van der Waals surface area (Å²) in [6, 6.07) is 0. The second kappa shape index (κ2) is 5.86. The summed E-state index contributed by atoms with van der Waals surface area (Å²) in [4.78, 5) is 17.8. The van der Waals surface area contributed by atoms with Crippen molar-refractivity contribution in [2.45, 2.75) is 25.4 Å². The Hall–Kier alpha value is -1.51. The third-order valence-electron chi connectivity index (χ3n) is 2.92. The molecule has 0 bridgehead atoms. The Morgan fingerprint density at radius 3 is 2.60 bits per heavy atom. The van der Waals surface area contributed by atoms with Gasteiger partial charge in [-0.05, 0) is 19.3 Å². The number of nitrogen functional groups attached to an aromatic ring is 1. The number of carbonyl (C=O) groups is 1. The number of alkyl halides is 3. The van der Waals surface area contributed by atoms with E-state index in [2.05, 4.69) is 4.98 Å². The minimum atomic E-state index is -4.44. The molecule has 5 nitrogen and oxygen atoms in total. The molecule has 0 radical (unpaired) electrons. The largest absolute Gasteiger partial charge is 0.405 e. The van der Waals surface area contributed by atoms with Crippen LogP contribution in [0.1, 0.15) is 28.9 Å². The number of rotatable bonds is 3. The van der Waals surface area contributed by atoms with Gasteiger partial charge in [-0.3, -0.25) is 4.79 Å². The zero-order chi connectivity index (χ0) is 14.8. The molecule has 0 atom stereocenters. The highest BCUT2D eigenvalue weighted by Gasteiger charge is 2.29. The van der Waals surface area contributed by atoms with Crippen LogP contribution in [0.4, 0.5) is 24.1 Å². The van der Waals surface area contributed by atoms with Gasteiger partial charge in [0.1, 0.15) is 17.2 Å². The van der Waals surface area contributed by atoms with Crippen molar-refractivity contribution in [3.63, 3.8) is 0 Å². The quantitative estimate of drug-likeness (QED) is 0.896. The number of nitrogens with one attached hydrogen (secondary N) is 1. The third kappa shape index (κ3) is 3.75. The van der Waals surface area contributed by atoms with Crippen LogP contribution in [0, 0.1) is 0 Å². The SMILES string of the molecule is Nc1nc(N2CCCCC2)sc1C(=O)NCC(F)(F)F. The van der Waals surface area contributed by atoms with E-state index in [1.807, 2.05) is 4.90 Å². The van der Waals surface area contributed by atoms with Gasteiger partial charge >= 0.3 is 6.18 Å². The number of nitrogens with zero attached hydrogens (tertiary/aromatic N) is 2. The van der Waals surface area contributed by atoms with Gasteiger partial charge in [-0.1, -0.05) is 11.3 Å². The minimum absolute atomic E-state index is 0.0183. The van der Waals surface area contributed by atoms with Crippen molar-refractivity contribution in [2.24, 2.45) is 0 Å². The first-order chi connectivity index (χ1) is 9.37. The number of halogens is 3. The molecule has 0 aromatic carbocycles. The highest BCUT2D eigenvalue weighted by atomic mass is 32.1. The monoisotopic (exact) mass is 308 g/mol. The van der Waals surface area contributed by atoms with Gasteiger partial charge in [-0.2, -0.15) is 13.2 Å². The smallest absolute Gasteiger partial charge is 0.382 e. The van der Waals surface area contributed by atoms with Crippen LogP contribution in [0.25, 0.3) is 0 Å². The van der Waals surface area contributed by atoms with Crippen LogP contribution in [0.3, 0.4) is 0 Å². The number of hydrogen-bond donors (Lipinski definition) is 2. The Bertz CT molecular complexity index is 483. The molecule has 2 rings (SSSR count). The van der Waals surface area contributed by atoms with Crippen LogP contribution in [-0.2, 0) is 0 Å². The zero-order valence-electron chi connectivity index (χ0n) is 10.7. The Morgan fingerprint density at radius 1 is 1.35 bits per heavy atom. The van der Waals surface area contributed by atoms with E-state index >= 15 is 0 Å². The lowest BCUT2D eigenvalue weighted by Gasteiger charge is -2.25. The number of nitrogens with two attached hydrogens (primary N) is 1. The van der Waals surface area contributed by atoms with E-state index in [0.717, 1.165) is 43.7 Å². The van der Waals surface area contributed by atoms with Crippen LogP contribution < -0.4 is 16.0 Å². The van der Waals surface area contributed by atoms with E-state index in [-0.39, 0.29) is 10.7 Å². The number of amides is 1. The lowest BCUT2D eigenvalue weighted by molar-refractivity contribution is -0.123. The lowest BCUT2D eigenvalue weighted by Crippen LogP contribution is -2.33. The molecule has 0 spiro atoms. The molecule has 3 N–H and O–H groups in total. The van der Waals surface area contributed by atoms with Crippen LogP contribution in [0.15, 0.2) is 0 Å². The van der Waals surface area contributed by atoms with Crippen LogP contribution >= 0.6 is 11.3 Å². The molecular formula is C11H15F3N4OS. The van der Waals surface area contributed by atoms with Crippen molar-refractivity contribution in [3.8, 4) is 0 Å².